The molecule has 8 nitrogen and oxygen atoms in total. The van der Waals surface area contributed by atoms with Gasteiger partial charge >= 0.3 is 0 Å². The normalized spacial score (nSPS) is 11.4. The van der Waals surface area contributed by atoms with Gasteiger partial charge in [0.1, 0.15) is 0 Å². The molecule has 0 atom stereocenters. The lowest BCUT2D eigenvalue weighted by Gasteiger charge is -2.11. The smallest absolute Gasteiger partial charge is 0.240 e. The van der Waals surface area contributed by atoms with Crippen molar-refractivity contribution in [2.75, 3.05) is 33.9 Å². The van der Waals surface area contributed by atoms with E-state index in [4.69, 9.17) is 14.2 Å². The molecule has 1 rings (SSSR count). The SMILES string of the molecule is COc1ccc(S(=O)(=O)NCCC(=O)NCCCOC(C)C)cc1OC. The van der Waals surface area contributed by atoms with Gasteiger partial charge in [-0.25, -0.2) is 13.1 Å². The first-order valence-electron chi connectivity index (χ1n) is 8.40. The number of methoxy groups -OCH3 is 2. The fourth-order valence-corrected chi connectivity index (χ4v) is 3.12. The van der Waals surface area contributed by atoms with E-state index in [-0.39, 0.29) is 29.9 Å². The fraction of sp³-hybridized carbons (Fsp3) is 0.588. The van der Waals surface area contributed by atoms with Gasteiger partial charge in [-0.1, -0.05) is 0 Å². The predicted molar refractivity (Wildman–Crippen MR) is 98.1 cm³/mol. The monoisotopic (exact) mass is 388 g/mol. The third kappa shape index (κ3) is 7.59. The van der Waals surface area contributed by atoms with Crippen LogP contribution >= 0.6 is 0 Å². The highest BCUT2D eigenvalue weighted by Gasteiger charge is 2.17. The van der Waals surface area contributed by atoms with Gasteiger partial charge in [0.2, 0.25) is 15.9 Å². The maximum Gasteiger partial charge on any atom is 0.240 e. The Morgan fingerprint density at radius 3 is 2.42 bits per heavy atom. The summed E-state index contributed by atoms with van der Waals surface area (Å²) in [5, 5.41) is 2.73. The number of carbonyl (C=O) groups is 1. The van der Waals surface area contributed by atoms with Crippen molar-refractivity contribution in [3.63, 3.8) is 0 Å². The molecule has 9 heteroatoms. The lowest BCUT2D eigenvalue weighted by molar-refractivity contribution is -0.120. The summed E-state index contributed by atoms with van der Waals surface area (Å²) < 4.78 is 42.5. The largest absolute Gasteiger partial charge is 0.493 e. The minimum absolute atomic E-state index is 0.00497. The van der Waals surface area contributed by atoms with E-state index in [1.54, 1.807) is 0 Å². The van der Waals surface area contributed by atoms with Crippen LogP contribution in [0.5, 0.6) is 11.5 Å². The molecule has 26 heavy (non-hydrogen) atoms. The minimum atomic E-state index is -3.74. The second-order valence-corrected chi connectivity index (χ2v) is 7.55. The lowest BCUT2D eigenvalue weighted by atomic mass is 10.3. The Morgan fingerprint density at radius 1 is 1.12 bits per heavy atom. The summed E-state index contributed by atoms with van der Waals surface area (Å²) in [4.78, 5) is 11.8. The summed E-state index contributed by atoms with van der Waals surface area (Å²) in [5.74, 6) is 0.536. The number of amides is 1. The molecule has 0 aliphatic heterocycles. The average Bonchev–Trinajstić information content (AvgIpc) is 2.60. The van der Waals surface area contributed by atoms with Crippen molar-refractivity contribution in [1.29, 1.82) is 0 Å². The number of hydrogen-bond acceptors (Lipinski definition) is 6. The molecule has 0 radical (unpaired) electrons. The van der Waals surface area contributed by atoms with Crippen LogP contribution in [0.25, 0.3) is 0 Å². The summed E-state index contributed by atoms with van der Waals surface area (Å²) >= 11 is 0. The van der Waals surface area contributed by atoms with E-state index in [0.29, 0.717) is 31.1 Å². The number of nitrogens with one attached hydrogen (secondary N) is 2. The molecule has 0 saturated carbocycles. The molecule has 1 aromatic rings. The second kappa shape index (κ2) is 11.0. The van der Waals surface area contributed by atoms with E-state index < -0.39 is 10.0 Å². The van der Waals surface area contributed by atoms with Gasteiger partial charge in [-0.3, -0.25) is 4.79 Å². The number of benzene rings is 1. The standard InChI is InChI=1S/C17H28N2O6S/c1-13(2)25-11-5-9-18-17(20)8-10-19-26(21,22)14-6-7-15(23-3)16(12-14)24-4/h6-7,12-13,19H,5,8-11H2,1-4H3,(H,18,20). The molecule has 0 heterocycles. The summed E-state index contributed by atoms with van der Waals surface area (Å²) in [7, 11) is -0.839. The topological polar surface area (TPSA) is 103 Å². The molecule has 0 fully saturated rings. The van der Waals surface area contributed by atoms with Gasteiger partial charge in [0.25, 0.3) is 0 Å². The Hall–Kier alpha value is -1.84. The molecular weight excluding hydrogens is 360 g/mol. The van der Waals surface area contributed by atoms with Crippen LogP contribution in [0.4, 0.5) is 0 Å². The van der Waals surface area contributed by atoms with Crippen LogP contribution < -0.4 is 19.5 Å². The molecule has 1 amide bonds. The minimum Gasteiger partial charge on any atom is -0.493 e. The van der Waals surface area contributed by atoms with E-state index >= 15 is 0 Å². The van der Waals surface area contributed by atoms with Crippen molar-refractivity contribution in [2.24, 2.45) is 0 Å². The first kappa shape index (κ1) is 22.2. The molecule has 0 aromatic heterocycles. The van der Waals surface area contributed by atoms with E-state index in [1.807, 2.05) is 13.8 Å². The van der Waals surface area contributed by atoms with Crippen LogP contribution in [0, 0.1) is 0 Å². The third-order valence-electron chi connectivity index (χ3n) is 3.40. The number of rotatable bonds is 12. The van der Waals surface area contributed by atoms with E-state index in [1.165, 1.54) is 32.4 Å². The highest BCUT2D eigenvalue weighted by Crippen LogP contribution is 2.29. The van der Waals surface area contributed by atoms with Crippen LogP contribution in [0.1, 0.15) is 26.7 Å². The van der Waals surface area contributed by atoms with Gasteiger partial charge in [-0.05, 0) is 32.4 Å². The lowest BCUT2D eigenvalue weighted by Crippen LogP contribution is -2.31. The number of ether oxygens (including phenoxy) is 3. The van der Waals surface area contributed by atoms with Gasteiger partial charge < -0.3 is 19.5 Å². The Labute approximate surface area is 155 Å². The van der Waals surface area contributed by atoms with Crippen LogP contribution in [0.3, 0.4) is 0 Å². The molecule has 2 N–H and O–H groups in total. The van der Waals surface area contributed by atoms with E-state index in [9.17, 15) is 13.2 Å². The molecular formula is C17H28N2O6S. The van der Waals surface area contributed by atoms with E-state index in [0.717, 1.165) is 0 Å². The molecule has 148 valence electrons. The zero-order valence-electron chi connectivity index (χ0n) is 15.7. The predicted octanol–water partition coefficient (Wildman–Crippen LogP) is 1.30. The van der Waals surface area contributed by atoms with Crippen molar-refractivity contribution >= 4 is 15.9 Å². The van der Waals surface area contributed by atoms with Gasteiger partial charge in [-0.2, -0.15) is 0 Å². The van der Waals surface area contributed by atoms with Crippen molar-refractivity contribution < 1.29 is 27.4 Å². The fourth-order valence-electron chi connectivity index (χ4n) is 2.07. The molecule has 0 aliphatic rings. The van der Waals surface area contributed by atoms with Crippen molar-refractivity contribution in [1.82, 2.24) is 10.0 Å². The highest BCUT2D eigenvalue weighted by atomic mass is 32.2. The maximum atomic E-state index is 12.3. The quantitative estimate of drug-likeness (QED) is 0.523. The Morgan fingerprint density at radius 2 is 1.81 bits per heavy atom. The number of sulfonamides is 1. The van der Waals surface area contributed by atoms with Crippen LogP contribution in [0.15, 0.2) is 23.1 Å². The molecule has 0 aliphatic carbocycles. The zero-order chi connectivity index (χ0) is 19.6. The summed E-state index contributed by atoms with van der Waals surface area (Å²) in [6, 6.07) is 4.30. The molecule has 0 bridgehead atoms. The van der Waals surface area contributed by atoms with Crippen LogP contribution in [0.2, 0.25) is 0 Å². The second-order valence-electron chi connectivity index (χ2n) is 5.79. The highest BCUT2D eigenvalue weighted by molar-refractivity contribution is 7.89. The summed E-state index contributed by atoms with van der Waals surface area (Å²) in [6.07, 6.45) is 0.926. The molecule has 0 saturated heterocycles. The number of hydrogen-bond donors (Lipinski definition) is 2. The first-order valence-corrected chi connectivity index (χ1v) is 9.88. The van der Waals surface area contributed by atoms with Crippen LogP contribution in [-0.2, 0) is 19.6 Å². The third-order valence-corrected chi connectivity index (χ3v) is 4.86. The van der Waals surface area contributed by atoms with Crippen molar-refractivity contribution in [3.05, 3.63) is 18.2 Å². The van der Waals surface area contributed by atoms with Crippen molar-refractivity contribution in [2.45, 2.75) is 37.7 Å². The van der Waals surface area contributed by atoms with Crippen LogP contribution in [-0.4, -0.2) is 54.3 Å². The Balaban J connectivity index is 2.43. The average molecular weight is 388 g/mol. The first-order chi connectivity index (χ1) is 12.3. The Kier molecular flexibility index (Phi) is 9.39. The zero-order valence-corrected chi connectivity index (χ0v) is 16.5. The van der Waals surface area contributed by atoms with Gasteiger partial charge in [0.05, 0.1) is 25.2 Å². The summed E-state index contributed by atoms with van der Waals surface area (Å²) in [5.41, 5.74) is 0. The molecule has 0 unspecified atom stereocenters. The number of carbonyl (C=O) groups excluding carboxylic acids is 1. The maximum absolute atomic E-state index is 12.3. The summed E-state index contributed by atoms with van der Waals surface area (Å²) in [6.45, 7) is 4.97. The molecule has 1 aromatic carbocycles. The molecule has 0 spiro atoms. The van der Waals surface area contributed by atoms with E-state index in [2.05, 4.69) is 10.0 Å². The van der Waals surface area contributed by atoms with Gasteiger partial charge in [0, 0.05) is 32.2 Å². The Bertz CT molecular complexity index is 676. The van der Waals surface area contributed by atoms with Gasteiger partial charge in [-0.15, -0.1) is 0 Å². The van der Waals surface area contributed by atoms with Crippen molar-refractivity contribution in [3.8, 4) is 11.5 Å². The van der Waals surface area contributed by atoms with Gasteiger partial charge in [0.15, 0.2) is 11.5 Å².